The topological polar surface area (TPSA) is 49.7 Å². The van der Waals surface area contributed by atoms with Gasteiger partial charge >= 0.3 is 0 Å². The molecule has 6 rings (SSSR count). The molecule has 2 aliphatic rings. The zero-order valence-corrected chi connectivity index (χ0v) is 20.6. The molecule has 0 bridgehead atoms. The number of H-pyrrole nitrogens is 1. The Labute approximate surface area is 211 Å². The molecule has 3 atom stereocenters. The molecule has 5 nitrogen and oxygen atoms in total. The summed E-state index contributed by atoms with van der Waals surface area (Å²) in [5.41, 5.74) is 3.77. The highest BCUT2D eigenvalue weighted by Gasteiger charge is 2.42. The molecule has 0 saturated carbocycles. The molecule has 1 aliphatic heterocycles. The Morgan fingerprint density at radius 3 is 2.76 bits per heavy atom. The van der Waals surface area contributed by atoms with Crippen molar-refractivity contribution in [1.82, 2.24) is 24.9 Å². The van der Waals surface area contributed by atoms with E-state index in [9.17, 15) is 13.2 Å². The van der Waals surface area contributed by atoms with Crippen LogP contribution >= 0.6 is 0 Å². The third-order valence-electron chi connectivity index (χ3n) is 7.58. The molecule has 2 aromatic carbocycles. The first-order valence-electron chi connectivity index (χ1n) is 12.6. The first kappa shape index (κ1) is 23.9. The maximum atomic E-state index is 15.9. The number of nitrogens with zero attached hydrogens (tertiary/aromatic N) is 4. The molecule has 4 aromatic rings. The van der Waals surface area contributed by atoms with Gasteiger partial charge < -0.3 is 4.98 Å². The highest BCUT2D eigenvalue weighted by molar-refractivity contribution is 5.75. The Hall–Kier alpha value is -3.46. The van der Waals surface area contributed by atoms with Crippen molar-refractivity contribution in [1.29, 1.82) is 0 Å². The third-order valence-corrected chi connectivity index (χ3v) is 7.58. The van der Waals surface area contributed by atoms with Crippen molar-refractivity contribution in [2.24, 2.45) is 0 Å². The third kappa shape index (κ3) is 4.05. The average molecular weight is 510 g/mol. The predicted molar refractivity (Wildman–Crippen MR) is 134 cm³/mol. The van der Waals surface area contributed by atoms with Crippen LogP contribution in [0.4, 0.5) is 17.6 Å². The first-order valence-corrected chi connectivity index (χ1v) is 12.6. The molecule has 0 fully saturated rings. The van der Waals surface area contributed by atoms with Crippen molar-refractivity contribution >= 4 is 23.2 Å². The van der Waals surface area contributed by atoms with Crippen LogP contribution in [-0.4, -0.2) is 49.6 Å². The molecular formula is C28H27F4N5. The number of hydrogen-bond acceptors (Lipinski definition) is 3. The van der Waals surface area contributed by atoms with E-state index in [0.29, 0.717) is 28.7 Å². The van der Waals surface area contributed by atoms with Crippen molar-refractivity contribution in [3.8, 4) is 5.69 Å². The van der Waals surface area contributed by atoms with Gasteiger partial charge in [0, 0.05) is 35.5 Å². The summed E-state index contributed by atoms with van der Waals surface area (Å²) < 4.78 is 61.1. The van der Waals surface area contributed by atoms with Gasteiger partial charge in [-0.15, -0.1) is 5.10 Å². The molecule has 0 spiro atoms. The standard InChI is InChI=1S/C28H27F4N5/c1-3-28(31,32)15-36-16(2)12-21-19-10-8-17(29)13-24(19)33-26(21)27(36)20-11-9-18(14-22(20)30)37-25-7-5-4-6-23(25)34-35-37/h4-7,9-11,13-14,16-17,27,33H,3,8,12,15H2,1-2H3. The summed E-state index contributed by atoms with van der Waals surface area (Å²) in [5.74, 6) is -3.47. The summed E-state index contributed by atoms with van der Waals surface area (Å²) in [5, 5.41) is 9.83. The van der Waals surface area contributed by atoms with Crippen molar-refractivity contribution in [2.75, 3.05) is 6.54 Å². The van der Waals surface area contributed by atoms with Crippen LogP contribution in [0.25, 0.3) is 28.9 Å². The zero-order valence-electron chi connectivity index (χ0n) is 20.6. The van der Waals surface area contributed by atoms with Gasteiger partial charge in [-0.3, -0.25) is 4.90 Å². The normalized spacial score (nSPS) is 21.8. The lowest BCUT2D eigenvalue weighted by Gasteiger charge is -2.42. The van der Waals surface area contributed by atoms with Gasteiger partial charge in [0.1, 0.15) is 17.5 Å². The van der Waals surface area contributed by atoms with Crippen LogP contribution in [-0.2, 0) is 6.42 Å². The van der Waals surface area contributed by atoms with Gasteiger partial charge in [-0.1, -0.05) is 36.4 Å². The molecule has 9 heteroatoms. The Morgan fingerprint density at radius 2 is 1.97 bits per heavy atom. The summed E-state index contributed by atoms with van der Waals surface area (Å²) in [6, 6.07) is 11.1. The van der Waals surface area contributed by atoms with Gasteiger partial charge in [0.15, 0.2) is 0 Å². The van der Waals surface area contributed by atoms with Crippen LogP contribution in [0.2, 0.25) is 0 Å². The number of alkyl halides is 3. The van der Waals surface area contributed by atoms with Gasteiger partial charge in [-0.2, -0.15) is 0 Å². The number of aromatic amines is 1. The van der Waals surface area contributed by atoms with Gasteiger partial charge in [0.05, 0.1) is 23.8 Å². The number of hydrogen-bond donors (Lipinski definition) is 1. The minimum atomic E-state index is -2.94. The summed E-state index contributed by atoms with van der Waals surface area (Å²) in [6.07, 6.45) is 2.73. The minimum absolute atomic E-state index is 0.267. The molecule has 0 amide bonds. The van der Waals surface area contributed by atoms with E-state index in [4.69, 9.17) is 0 Å². The Morgan fingerprint density at radius 1 is 1.16 bits per heavy atom. The highest BCUT2D eigenvalue weighted by Crippen LogP contribution is 2.39. The van der Waals surface area contributed by atoms with Gasteiger partial charge in [0.25, 0.3) is 5.92 Å². The Bertz CT molecular complexity index is 1600. The molecule has 0 radical (unpaired) electrons. The van der Waals surface area contributed by atoms with E-state index in [0.717, 1.165) is 16.3 Å². The van der Waals surface area contributed by atoms with Crippen LogP contribution in [0.1, 0.15) is 49.6 Å². The fourth-order valence-corrected chi connectivity index (χ4v) is 5.62. The largest absolute Gasteiger partial charge is 0.357 e. The predicted octanol–water partition coefficient (Wildman–Crippen LogP) is 4.57. The molecular weight excluding hydrogens is 482 g/mol. The summed E-state index contributed by atoms with van der Waals surface area (Å²) in [7, 11) is 0. The highest BCUT2D eigenvalue weighted by atomic mass is 19.3. The zero-order chi connectivity index (χ0) is 25.9. The lowest BCUT2D eigenvalue weighted by molar-refractivity contribution is -0.0548. The fourth-order valence-electron chi connectivity index (χ4n) is 5.62. The average Bonchev–Trinajstić information content (AvgIpc) is 3.46. The van der Waals surface area contributed by atoms with E-state index in [1.807, 2.05) is 37.3 Å². The molecule has 37 heavy (non-hydrogen) atoms. The van der Waals surface area contributed by atoms with Crippen molar-refractivity contribution in [3.05, 3.63) is 75.7 Å². The van der Waals surface area contributed by atoms with Gasteiger partial charge in [-0.05, 0) is 54.5 Å². The summed E-state index contributed by atoms with van der Waals surface area (Å²) in [4.78, 5) is 4.94. The van der Waals surface area contributed by atoms with Crippen molar-refractivity contribution in [3.63, 3.8) is 0 Å². The smallest absolute Gasteiger partial charge is 0.260 e. The second-order valence-corrected chi connectivity index (χ2v) is 10.0. The Balaban J connectivity index is 1.50. The number of rotatable bonds is 5. The second kappa shape index (κ2) is 8.83. The van der Waals surface area contributed by atoms with Crippen LogP contribution in [0, 0.1) is 5.82 Å². The SMILES string of the molecule is CCC(F)(F)CN1C(C)Cc2c([nH]c3c2=CCC(F)C=3)C1c1ccc(-n2nnc3ccccc32)cc1F. The first-order chi connectivity index (χ1) is 17.8. The van der Waals surface area contributed by atoms with Crippen LogP contribution in [0.5, 0.6) is 0 Å². The number of benzene rings is 2. The molecule has 3 heterocycles. The number of fused-ring (bicyclic) bond motifs is 4. The molecule has 192 valence electrons. The molecule has 1 aliphatic carbocycles. The van der Waals surface area contributed by atoms with Crippen LogP contribution in [0.15, 0.2) is 42.5 Å². The maximum absolute atomic E-state index is 15.9. The van der Waals surface area contributed by atoms with Gasteiger partial charge in [-0.25, -0.2) is 22.2 Å². The molecule has 1 N–H and O–H groups in total. The van der Waals surface area contributed by atoms with Crippen LogP contribution < -0.4 is 10.6 Å². The van der Waals surface area contributed by atoms with E-state index in [-0.39, 0.29) is 24.4 Å². The Kier molecular flexibility index (Phi) is 5.71. The number of halogens is 4. The van der Waals surface area contributed by atoms with Crippen molar-refractivity contribution < 1.29 is 17.6 Å². The maximum Gasteiger partial charge on any atom is 0.260 e. The lowest BCUT2D eigenvalue weighted by atomic mass is 9.88. The number of para-hydroxylation sites is 1. The summed E-state index contributed by atoms with van der Waals surface area (Å²) in [6.45, 7) is 2.83. The molecule has 2 aromatic heterocycles. The van der Waals surface area contributed by atoms with Crippen molar-refractivity contribution in [2.45, 2.75) is 57.3 Å². The van der Waals surface area contributed by atoms with E-state index >= 15 is 4.39 Å². The van der Waals surface area contributed by atoms with E-state index in [2.05, 4.69) is 15.3 Å². The fraction of sp³-hybridized carbons (Fsp3) is 0.357. The van der Waals surface area contributed by atoms with E-state index < -0.39 is 30.5 Å². The minimum Gasteiger partial charge on any atom is -0.357 e. The molecule has 0 saturated heterocycles. The molecule has 3 unspecified atom stereocenters. The van der Waals surface area contributed by atoms with E-state index in [1.165, 1.54) is 19.1 Å². The monoisotopic (exact) mass is 509 g/mol. The number of nitrogens with one attached hydrogen (secondary N) is 1. The lowest BCUT2D eigenvalue weighted by Crippen LogP contribution is -2.49. The second-order valence-electron chi connectivity index (χ2n) is 10.0. The summed E-state index contributed by atoms with van der Waals surface area (Å²) >= 11 is 0. The quantitative estimate of drug-likeness (QED) is 0.401. The van der Waals surface area contributed by atoms with E-state index in [1.54, 1.807) is 21.7 Å². The number of aromatic nitrogens is 4. The van der Waals surface area contributed by atoms with Crippen LogP contribution in [0.3, 0.4) is 0 Å². The van der Waals surface area contributed by atoms with Gasteiger partial charge in [0.2, 0.25) is 0 Å².